The first-order valence-electron chi connectivity index (χ1n) is 5.69. The van der Waals surface area contributed by atoms with Crippen molar-refractivity contribution in [1.82, 2.24) is 9.78 Å². The molecule has 1 aromatic heterocycles. The highest BCUT2D eigenvalue weighted by Crippen LogP contribution is 2.18. The number of aromatic nitrogens is 2. The van der Waals surface area contributed by atoms with Crippen LogP contribution in [0.1, 0.15) is 18.6 Å². The Hall–Kier alpha value is -1.86. The highest BCUT2D eigenvalue weighted by Gasteiger charge is 2.16. The van der Waals surface area contributed by atoms with Gasteiger partial charge < -0.3 is 5.11 Å². The fraction of sp³-hybridized carbons (Fsp3) is 0.250. The molecule has 6 nitrogen and oxygen atoms in total. The molecule has 0 radical (unpaired) electrons. The lowest BCUT2D eigenvalue weighted by atomic mass is 10.1. The van der Waals surface area contributed by atoms with Crippen molar-refractivity contribution in [3.05, 3.63) is 42.1 Å². The number of sulfonamides is 1. The van der Waals surface area contributed by atoms with Gasteiger partial charge in [-0.3, -0.25) is 9.40 Å². The number of aliphatic hydroxyl groups excluding tert-OH is 1. The third-order valence-electron chi connectivity index (χ3n) is 2.73. The van der Waals surface area contributed by atoms with Gasteiger partial charge in [0.05, 0.1) is 17.2 Å². The molecule has 0 saturated carbocycles. The SMILES string of the molecule is CC(O)c1ccc(S(=O)(=O)Nc2ccnn2C)cc1. The van der Waals surface area contributed by atoms with Crippen molar-refractivity contribution in [3.8, 4) is 0 Å². The Bertz CT molecular complexity index is 660. The summed E-state index contributed by atoms with van der Waals surface area (Å²) >= 11 is 0. The van der Waals surface area contributed by atoms with Crippen molar-refractivity contribution in [3.63, 3.8) is 0 Å². The standard InChI is InChI=1S/C12H15N3O3S/c1-9(16)10-3-5-11(6-4-10)19(17,18)14-12-7-8-13-15(12)2/h3-9,14,16H,1-2H3. The Morgan fingerprint density at radius 1 is 1.26 bits per heavy atom. The molecule has 0 bridgehead atoms. The van der Waals surface area contributed by atoms with Crippen LogP contribution >= 0.6 is 0 Å². The number of hydrogen-bond acceptors (Lipinski definition) is 4. The van der Waals surface area contributed by atoms with Gasteiger partial charge in [0.1, 0.15) is 5.82 Å². The first kappa shape index (κ1) is 13.6. The molecule has 7 heteroatoms. The topological polar surface area (TPSA) is 84.2 Å². The van der Waals surface area contributed by atoms with Crippen molar-refractivity contribution >= 4 is 15.8 Å². The van der Waals surface area contributed by atoms with Gasteiger partial charge in [-0.2, -0.15) is 5.10 Å². The summed E-state index contributed by atoms with van der Waals surface area (Å²) in [4.78, 5) is 0.137. The van der Waals surface area contributed by atoms with E-state index in [1.165, 1.54) is 23.0 Å². The number of nitrogens with one attached hydrogen (secondary N) is 1. The number of nitrogens with zero attached hydrogens (tertiary/aromatic N) is 2. The zero-order valence-corrected chi connectivity index (χ0v) is 11.4. The highest BCUT2D eigenvalue weighted by molar-refractivity contribution is 7.92. The van der Waals surface area contributed by atoms with Crippen molar-refractivity contribution < 1.29 is 13.5 Å². The fourth-order valence-corrected chi connectivity index (χ4v) is 2.68. The number of benzene rings is 1. The molecule has 19 heavy (non-hydrogen) atoms. The lowest BCUT2D eigenvalue weighted by Gasteiger charge is -2.09. The molecule has 1 heterocycles. The van der Waals surface area contributed by atoms with Crippen molar-refractivity contribution in [2.24, 2.45) is 7.05 Å². The Labute approximate surface area is 111 Å². The van der Waals surface area contributed by atoms with Gasteiger partial charge in [0.15, 0.2) is 0 Å². The molecule has 1 unspecified atom stereocenters. The molecule has 2 aromatic rings. The van der Waals surface area contributed by atoms with Crippen LogP contribution in [-0.2, 0) is 17.1 Å². The predicted octanol–water partition coefficient (Wildman–Crippen LogP) is 1.27. The smallest absolute Gasteiger partial charge is 0.263 e. The summed E-state index contributed by atoms with van der Waals surface area (Å²) in [7, 11) is -1.99. The Kier molecular flexibility index (Phi) is 3.59. The number of aryl methyl sites for hydroxylation is 1. The summed E-state index contributed by atoms with van der Waals surface area (Å²) in [5, 5.41) is 13.3. The quantitative estimate of drug-likeness (QED) is 0.884. The average Bonchev–Trinajstić information content (AvgIpc) is 2.74. The molecule has 0 aliphatic heterocycles. The molecule has 0 saturated heterocycles. The van der Waals surface area contributed by atoms with Crippen LogP contribution in [0.25, 0.3) is 0 Å². The van der Waals surface area contributed by atoms with Crippen LogP contribution in [0.5, 0.6) is 0 Å². The van der Waals surface area contributed by atoms with Crippen molar-refractivity contribution in [2.75, 3.05) is 4.72 Å². The predicted molar refractivity (Wildman–Crippen MR) is 71.1 cm³/mol. The molecule has 0 fully saturated rings. The summed E-state index contributed by atoms with van der Waals surface area (Å²) in [5.74, 6) is 0.389. The molecule has 2 N–H and O–H groups in total. The number of hydrogen-bond donors (Lipinski definition) is 2. The van der Waals surface area contributed by atoms with E-state index in [1.54, 1.807) is 32.2 Å². The van der Waals surface area contributed by atoms with Gasteiger partial charge >= 0.3 is 0 Å². The third kappa shape index (κ3) is 2.94. The van der Waals surface area contributed by atoms with Gasteiger partial charge in [0.25, 0.3) is 10.0 Å². The minimum absolute atomic E-state index is 0.137. The van der Waals surface area contributed by atoms with Crippen LogP contribution < -0.4 is 4.72 Å². The van der Waals surface area contributed by atoms with Gasteiger partial charge in [-0.15, -0.1) is 0 Å². The van der Waals surface area contributed by atoms with E-state index < -0.39 is 16.1 Å². The van der Waals surface area contributed by atoms with Crippen LogP contribution in [0, 0.1) is 0 Å². The van der Waals surface area contributed by atoms with E-state index >= 15 is 0 Å². The summed E-state index contributed by atoms with van der Waals surface area (Å²) in [6.07, 6.45) is 0.885. The van der Waals surface area contributed by atoms with E-state index in [1.807, 2.05) is 0 Å². The van der Waals surface area contributed by atoms with Gasteiger partial charge in [-0.1, -0.05) is 12.1 Å². The second-order valence-electron chi connectivity index (χ2n) is 4.19. The van der Waals surface area contributed by atoms with E-state index in [0.29, 0.717) is 11.4 Å². The van der Waals surface area contributed by atoms with Crippen LogP contribution in [0.2, 0.25) is 0 Å². The zero-order valence-electron chi connectivity index (χ0n) is 10.6. The van der Waals surface area contributed by atoms with Gasteiger partial charge in [0.2, 0.25) is 0 Å². The van der Waals surface area contributed by atoms with Gasteiger partial charge in [0, 0.05) is 13.1 Å². The molecule has 102 valence electrons. The maximum absolute atomic E-state index is 12.1. The van der Waals surface area contributed by atoms with E-state index in [4.69, 9.17) is 0 Å². The minimum Gasteiger partial charge on any atom is -0.389 e. The maximum atomic E-state index is 12.1. The maximum Gasteiger partial charge on any atom is 0.263 e. The first-order valence-corrected chi connectivity index (χ1v) is 7.17. The third-order valence-corrected chi connectivity index (χ3v) is 4.10. The van der Waals surface area contributed by atoms with Crippen LogP contribution in [-0.4, -0.2) is 23.3 Å². The summed E-state index contributed by atoms with van der Waals surface area (Å²) in [5.41, 5.74) is 0.666. The van der Waals surface area contributed by atoms with Crippen molar-refractivity contribution in [1.29, 1.82) is 0 Å². The van der Waals surface area contributed by atoms with E-state index in [9.17, 15) is 13.5 Å². The van der Waals surface area contributed by atoms with Crippen molar-refractivity contribution in [2.45, 2.75) is 17.9 Å². The van der Waals surface area contributed by atoms with Gasteiger partial charge in [-0.05, 0) is 24.6 Å². The summed E-state index contributed by atoms with van der Waals surface area (Å²) in [6, 6.07) is 7.66. The fourth-order valence-electron chi connectivity index (χ4n) is 1.60. The highest BCUT2D eigenvalue weighted by atomic mass is 32.2. The Morgan fingerprint density at radius 3 is 2.37 bits per heavy atom. The van der Waals surface area contributed by atoms with Crippen LogP contribution in [0.4, 0.5) is 5.82 Å². The number of rotatable bonds is 4. The lowest BCUT2D eigenvalue weighted by molar-refractivity contribution is 0.199. The largest absolute Gasteiger partial charge is 0.389 e. The molecule has 1 atom stereocenters. The molecule has 0 aliphatic rings. The zero-order chi connectivity index (χ0) is 14.0. The minimum atomic E-state index is -3.64. The Balaban J connectivity index is 2.27. The Morgan fingerprint density at radius 2 is 1.89 bits per heavy atom. The van der Waals surface area contributed by atoms with E-state index in [-0.39, 0.29) is 4.90 Å². The normalized spacial score (nSPS) is 13.2. The average molecular weight is 281 g/mol. The van der Waals surface area contributed by atoms with E-state index in [2.05, 4.69) is 9.82 Å². The molecule has 0 aliphatic carbocycles. The second kappa shape index (κ2) is 5.02. The van der Waals surface area contributed by atoms with Crippen LogP contribution in [0.3, 0.4) is 0 Å². The monoisotopic (exact) mass is 281 g/mol. The first-order chi connectivity index (χ1) is 8.90. The van der Waals surface area contributed by atoms with E-state index in [0.717, 1.165) is 0 Å². The molecular weight excluding hydrogens is 266 g/mol. The number of aliphatic hydroxyl groups is 1. The molecular formula is C12H15N3O3S. The van der Waals surface area contributed by atoms with Crippen LogP contribution in [0.15, 0.2) is 41.4 Å². The molecule has 1 aromatic carbocycles. The number of anilines is 1. The summed E-state index contributed by atoms with van der Waals surface area (Å²) in [6.45, 7) is 1.62. The second-order valence-corrected chi connectivity index (χ2v) is 5.87. The molecule has 0 spiro atoms. The lowest BCUT2D eigenvalue weighted by Crippen LogP contribution is -2.15. The molecule has 0 amide bonds. The summed E-state index contributed by atoms with van der Waals surface area (Å²) < 4.78 is 28.1. The van der Waals surface area contributed by atoms with Gasteiger partial charge in [-0.25, -0.2) is 8.42 Å². The molecule has 2 rings (SSSR count).